The summed E-state index contributed by atoms with van der Waals surface area (Å²) in [6.07, 6.45) is 5.67. The van der Waals surface area contributed by atoms with Crippen LogP contribution in [0.1, 0.15) is 25.7 Å². The van der Waals surface area contributed by atoms with Crippen molar-refractivity contribution in [1.82, 2.24) is 4.98 Å². The molecule has 3 rings (SSSR count). The van der Waals surface area contributed by atoms with E-state index >= 15 is 0 Å². The number of amides is 1. The van der Waals surface area contributed by atoms with Gasteiger partial charge in [0.25, 0.3) is 0 Å². The number of aromatic nitrogens is 1. The largest absolute Gasteiger partial charge is 0.481 e. The number of anilines is 1. The number of aliphatic carboxylic acids is 1. The van der Waals surface area contributed by atoms with Crippen molar-refractivity contribution < 1.29 is 19.4 Å². The molecule has 130 valence electrons. The van der Waals surface area contributed by atoms with Gasteiger partial charge in [-0.1, -0.05) is 0 Å². The highest BCUT2D eigenvalue weighted by Gasteiger charge is 2.29. The number of carboxylic acid groups (broad SMARTS) is 1. The van der Waals surface area contributed by atoms with Crippen molar-refractivity contribution in [3.63, 3.8) is 0 Å². The van der Waals surface area contributed by atoms with E-state index in [4.69, 9.17) is 9.84 Å². The minimum Gasteiger partial charge on any atom is -0.481 e. The molecule has 2 aromatic rings. The molecule has 0 radical (unpaired) electrons. The molecule has 0 aliphatic heterocycles. The van der Waals surface area contributed by atoms with Crippen LogP contribution >= 0.6 is 0 Å². The zero-order valence-corrected chi connectivity index (χ0v) is 13.7. The molecular formula is C19H20N2O4. The number of hydrogen-bond donors (Lipinski definition) is 2. The molecule has 0 atom stereocenters. The lowest BCUT2D eigenvalue weighted by Crippen LogP contribution is -2.29. The van der Waals surface area contributed by atoms with Crippen LogP contribution in [0.4, 0.5) is 5.69 Å². The topological polar surface area (TPSA) is 88.5 Å². The molecule has 1 saturated carbocycles. The second kappa shape index (κ2) is 7.79. The fourth-order valence-corrected chi connectivity index (χ4v) is 3.00. The molecule has 1 aliphatic rings. The summed E-state index contributed by atoms with van der Waals surface area (Å²) in [6.45, 7) is 0. The standard InChI is InChI=1S/C19H20N2O4/c22-18(13-1-3-14(4-2-13)19(23)24)21-15-5-7-16(8-6-15)25-17-9-11-20-12-10-17/h5-14H,1-4H2,(H,21,22)(H,23,24). The molecule has 25 heavy (non-hydrogen) atoms. The van der Waals surface area contributed by atoms with Crippen molar-refractivity contribution in [2.24, 2.45) is 11.8 Å². The van der Waals surface area contributed by atoms with E-state index in [0.717, 1.165) is 0 Å². The second-order valence-corrected chi connectivity index (χ2v) is 6.19. The van der Waals surface area contributed by atoms with E-state index in [1.165, 1.54) is 0 Å². The van der Waals surface area contributed by atoms with Crippen LogP contribution in [-0.4, -0.2) is 22.0 Å². The summed E-state index contributed by atoms with van der Waals surface area (Å²) in [4.78, 5) is 27.2. The Morgan fingerprint density at radius 1 is 0.920 bits per heavy atom. The number of pyridine rings is 1. The molecule has 6 heteroatoms. The summed E-state index contributed by atoms with van der Waals surface area (Å²) in [5.74, 6) is 0.125. The Balaban J connectivity index is 1.53. The lowest BCUT2D eigenvalue weighted by atomic mass is 9.81. The maximum atomic E-state index is 12.3. The van der Waals surface area contributed by atoms with Crippen molar-refractivity contribution in [2.45, 2.75) is 25.7 Å². The molecule has 0 spiro atoms. The first kappa shape index (κ1) is 17.0. The molecule has 1 heterocycles. The van der Waals surface area contributed by atoms with E-state index < -0.39 is 5.97 Å². The van der Waals surface area contributed by atoms with Gasteiger partial charge in [0.15, 0.2) is 0 Å². The maximum Gasteiger partial charge on any atom is 0.306 e. The van der Waals surface area contributed by atoms with E-state index in [2.05, 4.69) is 10.3 Å². The molecule has 1 aliphatic carbocycles. The first-order chi connectivity index (χ1) is 12.1. The number of carbonyl (C=O) groups is 2. The van der Waals surface area contributed by atoms with Crippen molar-refractivity contribution in [3.8, 4) is 11.5 Å². The van der Waals surface area contributed by atoms with E-state index in [1.54, 1.807) is 48.8 Å². The summed E-state index contributed by atoms with van der Waals surface area (Å²) in [6, 6.07) is 10.7. The lowest BCUT2D eigenvalue weighted by Gasteiger charge is -2.25. The quantitative estimate of drug-likeness (QED) is 0.866. The zero-order chi connectivity index (χ0) is 17.6. The Bertz CT molecular complexity index is 723. The van der Waals surface area contributed by atoms with Crippen LogP contribution in [0.2, 0.25) is 0 Å². The average Bonchev–Trinajstić information content (AvgIpc) is 2.64. The smallest absolute Gasteiger partial charge is 0.306 e. The predicted octanol–water partition coefficient (Wildman–Crippen LogP) is 3.70. The van der Waals surface area contributed by atoms with Crippen molar-refractivity contribution in [1.29, 1.82) is 0 Å². The van der Waals surface area contributed by atoms with Gasteiger partial charge in [0.05, 0.1) is 5.92 Å². The monoisotopic (exact) mass is 340 g/mol. The number of benzene rings is 1. The Hall–Kier alpha value is -2.89. The summed E-state index contributed by atoms with van der Waals surface area (Å²) in [5, 5.41) is 11.9. The number of ether oxygens (including phenoxy) is 1. The minimum absolute atomic E-state index is 0.0494. The summed E-state index contributed by atoms with van der Waals surface area (Å²) < 4.78 is 5.68. The highest BCUT2D eigenvalue weighted by Crippen LogP contribution is 2.30. The fourth-order valence-electron chi connectivity index (χ4n) is 3.00. The third kappa shape index (κ3) is 4.56. The molecular weight excluding hydrogens is 320 g/mol. The maximum absolute atomic E-state index is 12.3. The highest BCUT2D eigenvalue weighted by atomic mass is 16.5. The van der Waals surface area contributed by atoms with Crippen LogP contribution in [0, 0.1) is 11.8 Å². The zero-order valence-electron chi connectivity index (χ0n) is 13.7. The molecule has 0 saturated heterocycles. The third-order valence-corrected chi connectivity index (χ3v) is 4.45. The highest BCUT2D eigenvalue weighted by molar-refractivity contribution is 5.92. The number of carbonyl (C=O) groups excluding carboxylic acids is 1. The summed E-state index contributed by atoms with van der Waals surface area (Å²) in [5.41, 5.74) is 0.701. The van der Waals surface area contributed by atoms with Gasteiger partial charge in [0.2, 0.25) is 5.91 Å². The SMILES string of the molecule is O=C(O)C1CCC(C(=O)Nc2ccc(Oc3ccncc3)cc2)CC1. The van der Waals surface area contributed by atoms with Crippen LogP contribution in [0.3, 0.4) is 0 Å². The Labute approximate surface area is 145 Å². The van der Waals surface area contributed by atoms with Crippen LogP contribution in [0.15, 0.2) is 48.8 Å². The van der Waals surface area contributed by atoms with Gasteiger partial charge in [0, 0.05) is 24.0 Å². The molecule has 1 aromatic heterocycles. The molecule has 0 unspecified atom stereocenters. The van der Waals surface area contributed by atoms with Crippen molar-refractivity contribution in [3.05, 3.63) is 48.8 Å². The predicted molar refractivity (Wildman–Crippen MR) is 92.5 cm³/mol. The van der Waals surface area contributed by atoms with E-state index in [9.17, 15) is 9.59 Å². The average molecular weight is 340 g/mol. The van der Waals surface area contributed by atoms with E-state index in [0.29, 0.717) is 42.9 Å². The summed E-state index contributed by atoms with van der Waals surface area (Å²) in [7, 11) is 0. The molecule has 2 N–H and O–H groups in total. The van der Waals surface area contributed by atoms with E-state index in [-0.39, 0.29) is 17.7 Å². The normalized spacial score (nSPS) is 19.8. The molecule has 1 amide bonds. The van der Waals surface area contributed by atoms with Gasteiger partial charge in [0.1, 0.15) is 11.5 Å². The Kier molecular flexibility index (Phi) is 5.28. The van der Waals surface area contributed by atoms with Crippen LogP contribution in [0.25, 0.3) is 0 Å². The number of rotatable bonds is 5. The van der Waals surface area contributed by atoms with E-state index in [1.807, 2.05) is 0 Å². The number of nitrogens with one attached hydrogen (secondary N) is 1. The summed E-state index contributed by atoms with van der Waals surface area (Å²) >= 11 is 0. The number of nitrogens with zero attached hydrogens (tertiary/aromatic N) is 1. The van der Waals surface area contributed by atoms with Crippen molar-refractivity contribution >= 4 is 17.6 Å². The van der Waals surface area contributed by atoms with Crippen LogP contribution in [-0.2, 0) is 9.59 Å². The van der Waals surface area contributed by atoms with Crippen LogP contribution in [0.5, 0.6) is 11.5 Å². The Morgan fingerprint density at radius 2 is 1.48 bits per heavy atom. The van der Waals surface area contributed by atoms with Gasteiger partial charge in [-0.05, 0) is 62.1 Å². The third-order valence-electron chi connectivity index (χ3n) is 4.45. The van der Waals surface area contributed by atoms with Crippen molar-refractivity contribution in [2.75, 3.05) is 5.32 Å². The van der Waals surface area contributed by atoms with Gasteiger partial charge >= 0.3 is 5.97 Å². The fraction of sp³-hybridized carbons (Fsp3) is 0.316. The van der Waals surface area contributed by atoms with Gasteiger partial charge in [-0.25, -0.2) is 0 Å². The first-order valence-corrected chi connectivity index (χ1v) is 8.33. The molecule has 1 aromatic carbocycles. The van der Waals surface area contributed by atoms with Gasteiger partial charge in [-0.2, -0.15) is 0 Å². The first-order valence-electron chi connectivity index (χ1n) is 8.33. The van der Waals surface area contributed by atoms with Crippen LogP contribution < -0.4 is 10.1 Å². The molecule has 0 bridgehead atoms. The Morgan fingerprint density at radius 3 is 2.08 bits per heavy atom. The minimum atomic E-state index is -0.761. The second-order valence-electron chi connectivity index (χ2n) is 6.19. The number of hydrogen-bond acceptors (Lipinski definition) is 4. The number of carboxylic acids is 1. The van der Waals surface area contributed by atoms with Gasteiger partial charge < -0.3 is 15.2 Å². The molecule has 1 fully saturated rings. The van der Waals surface area contributed by atoms with Gasteiger partial charge in [-0.15, -0.1) is 0 Å². The molecule has 6 nitrogen and oxygen atoms in total. The lowest BCUT2D eigenvalue weighted by molar-refractivity contribution is -0.143. The van der Waals surface area contributed by atoms with Gasteiger partial charge in [-0.3, -0.25) is 14.6 Å².